The van der Waals surface area contributed by atoms with Crippen LogP contribution in [0.3, 0.4) is 0 Å². The number of likely N-dealkylation sites (tertiary alicyclic amines) is 1. The van der Waals surface area contributed by atoms with E-state index in [-0.39, 0.29) is 19.7 Å². The normalized spacial score (nSPS) is 22.0. The van der Waals surface area contributed by atoms with Crippen molar-refractivity contribution in [2.45, 2.75) is 37.1 Å². The van der Waals surface area contributed by atoms with E-state index in [1.807, 2.05) is 0 Å². The first kappa shape index (κ1) is 19.4. The molecule has 1 N–H and O–H groups in total. The summed E-state index contributed by atoms with van der Waals surface area (Å²) in [5.41, 5.74) is 0.742. The van der Waals surface area contributed by atoms with Crippen molar-refractivity contribution in [1.82, 2.24) is 9.88 Å². The molecule has 154 valence electrons. The van der Waals surface area contributed by atoms with Gasteiger partial charge in [0.2, 0.25) is 5.91 Å². The third kappa shape index (κ3) is 3.92. The largest absolute Gasteiger partial charge is 0.311 e. The first-order valence-corrected chi connectivity index (χ1v) is 11.9. The second-order valence-electron chi connectivity index (χ2n) is 7.45. The van der Waals surface area contributed by atoms with Crippen LogP contribution in [0, 0.1) is 5.92 Å². The number of hydrogen-bond acceptors (Lipinski definition) is 6. The Labute approximate surface area is 172 Å². The molecule has 2 aromatic rings. The highest BCUT2D eigenvalue weighted by atomic mass is 32.2. The highest BCUT2D eigenvalue weighted by Gasteiger charge is 2.37. The Hall–Kier alpha value is -1.97. The molecule has 0 saturated carbocycles. The van der Waals surface area contributed by atoms with Gasteiger partial charge in [0.05, 0.1) is 10.9 Å². The van der Waals surface area contributed by atoms with Gasteiger partial charge in [-0.1, -0.05) is 6.92 Å². The topological polar surface area (TPSA) is 82.6 Å². The Kier molecular flexibility index (Phi) is 5.39. The fraction of sp³-hybridized carbons (Fsp3) is 0.474. The first-order valence-electron chi connectivity index (χ1n) is 9.52. The Bertz CT molecular complexity index is 931. The maximum absolute atomic E-state index is 12.9. The zero-order valence-corrected chi connectivity index (χ0v) is 17.4. The molecule has 1 amide bonds. The van der Waals surface area contributed by atoms with Crippen molar-refractivity contribution in [1.29, 1.82) is 0 Å². The number of benzene rings is 1. The average Bonchev–Trinajstić information content (AvgIpc) is 3.32. The molecule has 9 heteroatoms. The predicted octanol–water partition coefficient (Wildman–Crippen LogP) is 3.27. The highest BCUT2D eigenvalue weighted by Crippen LogP contribution is 2.28. The van der Waals surface area contributed by atoms with Gasteiger partial charge in [-0.15, -0.1) is 11.3 Å². The van der Waals surface area contributed by atoms with Crippen molar-refractivity contribution < 1.29 is 16.1 Å². The van der Waals surface area contributed by atoms with Crippen molar-refractivity contribution in [2.75, 3.05) is 29.3 Å². The van der Waals surface area contributed by atoms with E-state index in [0.717, 1.165) is 44.0 Å². The summed E-state index contributed by atoms with van der Waals surface area (Å²) < 4.78 is 27.4. The molecule has 7 nitrogen and oxygen atoms in total. The number of sulfonamides is 1. The number of hydrogen-bond donors (Lipinski definition) is 1. The fourth-order valence-corrected chi connectivity index (χ4v) is 5.64. The van der Waals surface area contributed by atoms with E-state index in [9.17, 15) is 13.2 Å². The number of nitrogens with zero attached hydrogens (tertiary/aromatic N) is 3. The van der Waals surface area contributed by atoms with Gasteiger partial charge in [0, 0.05) is 26.7 Å². The van der Waals surface area contributed by atoms with Crippen LogP contribution in [0.2, 0.25) is 0 Å². The van der Waals surface area contributed by atoms with Crippen LogP contribution in [0.1, 0.15) is 29.0 Å². The first-order chi connectivity index (χ1) is 13.4. The van der Waals surface area contributed by atoms with Gasteiger partial charge in [-0.2, -0.15) is 0 Å². The summed E-state index contributed by atoms with van der Waals surface area (Å²) in [5.74, 6) is 0.849. The number of anilines is 2. The van der Waals surface area contributed by atoms with Gasteiger partial charge in [0.25, 0.3) is 10.0 Å². The van der Waals surface area contributed by atoms with Gasteiger partial charge in [-0.3, -0.25) is 14.4 Å². The lowest BCUT2D eigenvalue weighted by atomic mass is 9.97. The molecule has 1 atom stereocenters. The van der Waals surface area contributed by atoms with Crippen molar-refractivity contribution in [3.8, 4) is 0 Å². The van der Waals surface area contributed by atoms with Crippen LogP contribution in [0.25, 0.3) is 0 Å². The summed E-state index contributed by atoms with van der Waals surface area (Å²) in [6, 6.07) is 6.43. The lowest BCUT2D eigenvalue weighted by molar-refractivity contribution is -0.122. The van der Waals surface area contributed by atoms with Crippen LogP contribution < -0.4 is 9.62 Å². The van der Waals surface area contributed by atoms with Gasteiger partial charge in [0.1, 0.15) is 0 Å². The molecule has 28 heavy (non-hydrogen) atoms. The molecular weight excluding hydrogens is 396 g/mol. The molecule has 2 fully saturated rings. The molecule has 4 rings (SSSR count). The van der Waals surface area contributed by atoms with E-state index in [2.05, 4.69) is 21.5 Å². The fourth-order valence-electron chi connectivity index (χ4n) is 3.85. The third-order valence-corrected chi connectivity index (χ3v) is 7.72. The molecule has 0 unspecified atom stereocenters. The zero-order chi connectivity index (χ0) is 19.7. The molecule has 0 spiro atoms. The van der Waals surface area contributed by atoms with Gasteiger partial charge in [-0.25, -0.2) is 13.4 Å². The maximum atomic E-state index is 12.9. The average molecular weight is 425 g/mol. The second-order valence-corrected chi connectivity index (χ2v) is 10.0. The zero-order valence-electron chi connectivity index (χ0n) is 15.7. The number of carbonyl (C=O) groups is 1. The minimum absolute atomic E-state index is 0. The minimum atomic E-state index is -3.68. The Morgan fingerprint density at radius 2 is 1.86 bits per heavy atom. The molecule has 2 saturated heterocycles. The molecule has 3 heterocycles. The SMILES string of the molecule is CC1CCN([C@H]2CCN(c3ccc(S(=O)(=O)Nc4nccs4)cc3)C2=O)CC1.[HH].[HH]. The number of carbonyl (C=O) groups excluding carboxylic acids is 1. The van der Waals surface area contributed by atoms with Crippen LogP contribution in [0.5, 0.6) is 0 Å². The summed E-state index contributed by atoms with van der Waals surface area (Å²) in [6.45, 7) is 4.88. The van der Waals surface area contributed by atoms with E-state index < -0.39 is 10.0 Å². The van der Waals surface area contributed by atoms with Gasteiger partial charge >= 0.3 is 0 Å². The summed E-state index contributed by atoms with van der Waals surface area (Å²) in [4.78, 5) is 21.1. The van der Waals surface area contributed by atoms with E-state index in [0.29, 0.717) is 11.7 Å². The molecule has 0 bridgehead atoms. The van der Waals surface area contributed by atoms with Gasteiger partial charge < -0.3 is 4.90 Å². The Balaban J connectivity index is 0.00000160. The van der Waals surface area contributed by atoms with E-state index in [1.165, 1.54) is 23.5 Å². The van der Waals surface area contributed by atoms with E-state index in [4.69, 9.17) is 0 Å². The summed E-state index contributed by atoms with van der Waals surface area (Å²) in [6.07, 6.45) is 4.65. The van der Waals surface area contributed by atoms with E-state index >= 15 is 0 Å². The number of aromatic nitrogens is 1. The number of thiazole rings is 1. The van der Waals surface area contributed by atoms with Gasteiger partial charge in [0.15, 0.2) is 5.13 Å². The quantitative estimate of drug-likeness (QED) is 0.796. The second kappa shape index (κ2) is 7.81. The van der Waals surface area contributed by atoms with Crippen molar-refractivity contribution >= 4 is 38.1 Å². The van der Waals surface area contributed by atoms with Crippen molar-refractivity contribution in [2.24, 2.45) is 5.92 Å². The number of nitrogens with one attached hydrogen (secondary N) is 1. The van der Waals surface area contributed by atoms with Gasteiger partial charge in [-0.05, 0) is 62.5 Å². The van der Waals surface area contributed by atoms with Crippen molar-refractivity contribution in [3.63, 3.8) is 0 Å². The van der Waals surface area contributed by atoms with Crippen LogP contribution >= 0.6 is 11.3 Å². The van der Waals surface area contributed by atoms with Crippen LogP contribution in [-0.2, 0) is 14.8 Å². The smallest absolute Gasteiger partial charge is 0.263 e. The van der Waals surface area contributed by atoms with Crippen molar-refractivity contribution in [3.05, 3.63) is 35.8 Å². The monoisotopic (exact) mass is 424 g/mol. The van der Waals surface area contributed by atoms with Crippen LogP contribution in [0.4, 0.5) is 10.8 Å². The maximum Gasteiger partial charge on any atom is 0.263 e. The third-order valence-electron chi connectivity index (χ3n) is 5.55. The molecule has 1 aromatic carbocycles. The highest BCUT2D eigenvalue weighted by molar-refractivity contribution is 7.93. The summed E-state index contributed by atoms with van der Waals surface area (Å²) in [5, 5.41) is 2.04. The Morgan fingerprint density at radius 1 is 1.14 bits per heavy atom. The lowest BCUT2D eigenvalue weighted by Crippen LogP contribution is -2.45. The number of rotatable bonds is 5. The summed E-state index contributed by atoms with van der Waals surface area (Å²) >= 11 is 1.22. The standard InChI is InChI=1S/C19H24N4O3S2.2H2/c1-14-6-10-22(11-7-14)17-8-12-23(18(17)24)15-2-4-16(5-3-15)28(25,26)21-19-20-9-13-27-19;;/h2-5,9,13-14,17H,6-8,10-12H2,1H3,(H,20,21);2*1H/t17-;;/m0../s1. The molecule has 0 aliphatic carbocycles. The van der Waals surface area contributed by atoms with E-state index in [1.54, 1.807) is 28.6 Å². The molecule has 1 aromatic heterocycles. The lowest BCUT2D eigenvalue weighted by Gasteiger charge is -2.33. The number of piperidine rings is 1. The molecule has 2 aliphatic heterocycles. The molecule has 0 radical (unpaired) electrons. The Morgan fingerprint density at radius 3 is 2.50 bits per heavy atom. The number of amides is 1. The minimum Gasteiger partial charge on any atom is -0.311 e. The summed E-state index contributed by atoms with van der Waals surface area (Å²) in [7, 11) is -3.68. The molecule has 2 aliphatic rings. The van der Waals surface area contributed by atoms with Crippen LogP contribution in [0.15, 0.2) is 40.7 Å². The van der Waals surface area contributed by atoms with Crippen LogP contribution in [-0.4, -0.2) is 49.9 Å². The molecular formula is C19H28N4O3S2. The predicted molar refractivity (Wildman–Crippen MR) is 114 cm³/mol.